The minimum atomic E-state index is -1.11. The van der Waals surface area contributed by atoms with Gasteiger partial charge in [-0.3, -0.25) is 4.79 Å². The van der Waals surface area contributed by atoms with Crippen molar-refractivity contribution in [2.75, 3.05) is 13.1 Å². The van der Waals surface area contributed by atoms with Crippen molar-refractivity contribution in [3.05, 3.63) is 0 Å². The summed E-state index contributed by atoms with van der Waals surface area (Å²) in [6.07, 6.45) is -3.51. The first-order chi connectivity index (χ1) is 7.49. The van der Waals surface area contributed by atoms with Gasteiger partial charge < -0.3 is 20.3 Å². The van der Waals surface area contributed by atoms with Gasteiger partial charge in [-0.15, -0.1) is 0 Å². The van der Waals surface area contributed by atoms with Gasteiger partial charge in [0, 0.05) is 12.5 Å². The summed E-state index contributed by atoms with van der Waals surface area (Å²) >= 11 is 0. The van der Waals surface area contributed by atoms with Crippen molar-refractivity contribution in [1.82, 2.24) is 5.32 Å². The highest BCUT2D eigenvalue weighted by Gasteiger charge is 2.46. The van der Waals surface area contributed by atoms with E-state index in [-0.39, 0.29) is 11.7 Å². The quantitative estimate of drug-likeness (QED) is 0.584. The maximum atomic E-state index is 11.7. The number of carbonyl (C=O) groups excluding carboxylic acids is 1. The molecule has 16 heavy (non-hydrogen) atoms. The lowest BCUT2D eigenvalue weighted by atomic mass is 9.98. The summed E-state index contributed by atoms with van der Waals surface area (Å²) in [6.45, 7) is 6.64. The van der Waals surface area contributed by atoms with E-state index in [9.17, 15) is 15.0 Å². The Bertz CT molecular complexity index is 244. The molecule has 0 radical (unpaired) electrons. The number of aliphatic hydroxyl groups excluding tert-OH is 2. The van der Waals surface area contributed by atoms with E-state index < -0.39 is 24.4 Å². The maximum absolute atomic E-state index is 11.7. The molecule has 5 nitrogen and oxygen atoms in total. The molecule has 1 saturated heterocycles. The van der Waals surface area contributed by atoms with Crippen LogP contribution in [0.25, 0.3) is 0 Å². The summed E-state index contributed by atoms with van der Waals surface area (Å²) in [7, 11) is 0. The molecule has 0 aliphatic carbocycles. The Morgan fingerprint density at radius 2 is 2.00 bits per heavy atom. The second-order valence-corrected chi connectivity index (χ2v) is 4.44. The van der Waals surface area contributed by atoms with Gasteiger partial charge in [0.15, 0.2) is 5.78 Å². The molecule has 0 aromatic carbocycles. The Balaban J connectivity index is 2.60. The van der Waals surface area contributed by atoms with E-state index in [0.717, 1.165) is 6.54 Å². The van der Waals surface area contributed by atoms with E-state index in [0.29, 0.717) is 6.54 Å². The number of carbonyl (C=O) groups is 1. The van der Waals surface area contributed by atoms with Crippen molar-refractivity contribution in [3.8, 4) is 0 Å². The van der Waals surface area contributed by atoms with Gasteiger partial charge in [0.05, 0.1) is 6.10 Å². The van der Waals surface area contributed by atoms with E-state index >= 15 is 0 Å². The van der Waals surface area contributed by atoms with Gasteiger partial charge in [0.25, 0.3) is 0 Å². The van der Waals surface area contributed by atoms with Crippen molar-refractivity contribution in [2.45, 2.75) is 45.2 Å². The molecule has 5 heteroatoms. The van der Waals surface area contributed by atoms with Crippen LogP contribution in [-0.4, -0.2) is 53.5 Å². The molecule has 1 fully saturated rings. The van der Waals surface area contributed by atoms with E-state index in [1.807, 2.05) is 6.92 Å². The molecule has 0 amide bonds. The SMILES string of the molecule is CCNC[C@H]1O[C@H](C(=O)C(C)C)[C@H](O)[C@@H]1O. The van der Waals surface area contributed by atoms with Crippen LogP contribution in [0.15, 0.2) is 0 Å². The Labute approximate surface area is 95.8 Å². The minimum Gasteiger partial charge on any atom is -0.388 e. The fraction of sp³-hybridized carbons (Fsp3) is 0.909. The van der Waals surface area contributed by atoms with Crippen LogP contribution in [0.5, 0.6) is 0 Å². The molecular weight excluding hydrogens is 210 g/mol. The molecule has 1 aliphatic heterocycles. The van der Waals surface area contributed by atoms with Gasteiger partial charge in [-0.25, -0.2) is 0 Å². The van der Waals surface area contributed by atoms with E-state index in [1.165, 1.54) is 0 Å². The minimum absolute atomic E-state index is 0.162. The molecule has 3 N–H and O–H groups in total. The summed E-state index contributed by atoms with van der Waals surface area (Å²) in [5.41, 5.74) is 0. The monoisotopic (exact) mass is 231 g/mol. The van der Waals surface area contributed by atoms with Gasteiger partial charge in [0.2, 0.25) is 0 Å². The molecule has 0 spiro atoms. The zero-order valence-electron chi connectivity index (χ0n) is 10.0. The summed E-state index contributed by atoms with van der Waals surface area (Å²) in [4.78, 5) is 11.7. The summed E-state index contributed by atoms with van der Waals surface area (Å²) < 4.78 is 5.40. The summed E-state index contributed by atoms with van der Waals surface area (Å²) in [5, 5.41) is 22.5. The standard InChI is InChI=1S/C11H21NO4/c1-4-12-5-7-9(14)10(15)11(16-7)8(13)6(2)3/h6-7,9-12,14-15H,4-5H2,1-3H3/t7-,9-,10-,11-/m1/s1. The van der Waals surface area contributed by atoms with Crippen molar-refractivity contribution in [2.24, 2.45) is 5.92 Å². The topological polar surface area (TPSA) is 78.8 Å². The van der Waals surface area contributed by atoms with Crippen molar-refractivity contribution in [3.63, 3.8) is 0 Å². The predicted octanol–water partition coefficient (Wildman–Crippen LogP) is -0.690. The van der Waals surface area contributed by atoms with Crippen LogP contribution in [0.4, 0.5) is 0 Å². The average Bonchev–Trinajstić information content (AvgIpc) is 2.52. The normalized spacial score (nSPS) is 34.6. The Morgan fingerprint density at radius 3 is 2.50 bits per heavy atom. The fourth-order valence-electron chi connectivity index (χ4n) is 1.77. The molecule has 0 aromatic rings. The van der Waals surface area contributed by atoms with Crippen LogP contribution in [-0.2, 0) is 9.53 Å². The van der Waals surface area contributed by atoms with Gasteiger partial charge in [-0.05, 0) is 6.54 Å². The summed E-state index contributed by atoms with van der Waals surface area (Å²) in [5.74, 6) is -0.365. The molecule has 94 valence electrons. The van der Waals surface area contributed by atoms with E-state index in [2.05, 4.69) is 5.32 Å². The predicted molar refractivity (Wildman–Crippen MR) is 59.1 cm³/mol. The molecule has 4 atom stereocenters. The lowest BCUT2D eigenvalue weighted by Crippen LogP contribution is -2.39. The number of ketones is 1. The molecule has 0 bridgehead atoms. The Kier molecular flexibility index (Phi) is 4.86. The number of nitrogens with one attached hydrogen (secondary N) is 1. The van der Waals surface area contributed by atoms with Crippen LogP contribution >= 0.6 is 0 Å². The van der Waals surface area contributed by atoms with Gasteiger partial charge >= 0.3 is 0 Å². The smallest absolute Gasteiger partial charge is 0.166 e. The number of hydrogen-bond acceptors (Lipinski definition) is 5. The summed E-state index contributed by atoms with van der Waals surface area (Å²) in [6, 6.07) is 0. The largest absolute Gasteiger partial charge is 0.388 e. The van der Waals surface area contributed by atoms with Gasteiger partial charge in [0.1, 0.15) is 18.3 Å². The van der Waals surface area contributed by atoms with Crippen LogP contribution < -0.4 is 5.32 Å². The molecule has 1 rings (SSSR count). The van der Waals surface area contributed by atoms with Crippen molar-refractivity contribution >= 4 is 5.78 Å². The lowest BCUT2D eigenvalue weighted by Gasteiger charge is -2.15. The molecule has 0 aromatic heterocycles. The highest BCUT2D eigenvalue weighted by molar-refractivity contribution is 5.85. The Morgan fingerprint density at radius 1 is 1.38 bits per heavy atom. The third kappa shape index (κ3) is 2.79. The molecule has 1 heterocycles. The third-order valence-electron chi connectivity index (χ3n) is 2.81. The fourth-order valence-corrected chi connectivity index (χ4v) is 1.77. The maximum Gasteiger partial charge on any atom is 0.166 e. The Hall–Kier alpha value is -0.490. The first-order valence-electron chi connectivity index (χ1n) is 5.75. The highest BCUT2D eigenvalue weighted by Crippen LogP contribution is 2.23. The second-order valence-electron chi connectivity index (χ2n) is 4.44. The van der Waals surface area contributed by atoms with Crippen LogP contribution in [0.3, 0.4) is 0 Å². The first kappa shape index (κ1) is 13.6. The van der Waals surface area contributed by atoms with Gasteiger partial charge in [-0.1, -0.05) is 20.8 Å². The van der Waals surface area contributed by atoms with Crippen LogP contribution in [0, 0.1) is 5.92 Å². The van der Waals surface area contributed by atoms with Gasteiger partial charge in [-0.2, -0.15) is 0 Å². The number of hydrogen-bond donors (Lipinski definition) is 3. The van der Waals surface area contributed by atoms with Crippen LogP contribution in [0.1, 0.15) is 20.8 Å². The molecule has 1 aliphatic rings. The first-order valence-corrected chi connectivity index (χ1v) is 5.75. The third-order valence-corrected chi connectivity index (χ3v) is 2.81. The zero-order chi connectivity index (χ0) is 12.3. The average molecular weight is 231 g/mol. The number of aliphatic hydroxyl groups is 2. The number of ether oxygens (including phenoxy) is 1. The highest BCUT2D eigenvalue weighted by atomic mass is 16.5. The van der Waals surface area contributed by atoms with E-state index in [4.69, 9.17) is 4.74 Å². The second kappa shape index (κ2) is 5.72. The lowest BCUT2D eigenvalue weighted by molar-refractivity contribution is -0.136. The number of Topliss-reactive ketones (excluding diaryl/α,β-unsaturated/α-hetero) is 1. The number of likely N-dealkylation sites (N-methyl/N-ethyl adjacent to an activating group) is 1. The molecule has 0 unspecified atom stereocenters. The van der Waals surface area contributed by atoms with Crippen LogP contribution in [0.2, 0.25) is 0 Å². The number of rotatable bonds is 5. The zero-order valence-corrected chi connectivity index (χ0v) is 10.0. The van der Waals surface area contributed by atoms with Crippen molar-refractivity contribution < 1.29 is 19.7 Å². The van der Waals surface area contributed by atoms with Crippen molar-refractivity contribution in [1.29, 1.82) is 0 Å². The molecular formula is C11H21NO4. The van der Waals surface area contributed by atoms with E-state index in [1.54, 1.807) is 13.8 Å². The molecule has 0 saturated carbocycles.